The van der Waals surface area contributed by atoms with E-state index < -0.39 is 0 Å². The van der Waals surface area contributed by atoms with E-state index in [2.05, 4.69) is 65.9 Å². The maximum absolute atomic E-state index is 3.81. The van der Waals surface area contributed by atoms with Crippen LogP contribution in [0.25, 0.3) is 5.30 Å². The molecule has 0 N–H and O–H groups in total. The molecule has 1 aromatic carbocycles. The summed E-state index contributed by atoms with van der Waals surface area (Å²) in [6.07, 6.45) is 2.27. The van der Waals surface area contributed by atoms with E-state index in [1.54, 1.807) is 0 Å². The highest BCUT2D eigenvalue weighted by molar-refractivity contribution is 9.11. The van der Waals surface area contributed by atoms with Crippen molar-refractivity contribution in [2.75, 3.05) is 0 Å². The molecule has 0 radical (unpaired) electrons. The molecule has 0 spiro atoms. The Kier molecular flexibility index (Phi) is 3.89. The first-order chi connectivity index (χ1) is 7.77. The lowest BCUT2D eigenvalue weighted by molar-refractivity contribution is 1.05. The maximum Gasteiger partial charge on any atom is 0.0447 e. The van der Waals surface area contributed by atoms with Crippen molar-refractivity contribution in [2.24, 2.45) is 0 Å². The Balaban J connectivity index is 2.54. The van der Waals surface area contributed by atoms with E-state index >= 15 is 0 Å². The summed E-state index contributed by atoms with van der Waals surface area (Å²) in [4.78, 5) is 0. The van der Waals surface area contributed by atoms with Crippen LogP contribution < -0.4 is 0 Å². The number of hydrogen-bond acceptors (Lipinski definition) is 0. The lowest BCUT2D eigenvalue weighted by atomic mass is 10.1. The van der Waals surface area contributed by atoms with E-state index in [9.17, 15) is 0 Å². The zero-order chi connectivity index (χ0) is 11.5. The zero-order valence-corrected chi connectivity index (χ0v) is 12.2. The average Bonchev–Trinajstić information content (AvgIpc) is 2.66. The lowest BCUT2D eigenvalue weighted by Gasteiger charge is -2.01. The first-order valence-electron chi connectivity index (χ1n) is 5.72. The van der Waals surface area contributed by atoms with Gasteiger partial charge < -0.3 is 0 Å². The molecule has 0 bridgehead atoms. The van der Waals surface area contributed by atoms with Crippen LogP contribution >= 0.6 is 23.5 Å². The van der Waals surface area contributed by atoms with Crippen LogP contribution in [0.1, 0.15) is 25.0 Å². The number of aryl methyl sites for hydroxylation is 1. The first-order valence-corrected chi connectivity index (χ1v) is 7.92. The van der Waals surface area contributed by atoms with E-state index in [0.29, 0.717) is 0 Å². The van der Waals surface area contributed by atoms with Gasteiger partial charge in [-0.1, -0.05) is 51.7 Å². The maximum atomic E-state index is 3.81. The fraction of sp³-hybridized carbons (Fsp3) is 0.286. The van der Waals surface area contributed by atoms with E-state index in [0.717, 1.165) is 12.8 Å². The van der Waals surface area contributed by atoms with Crippen molar-refractivity contribution in [3.05, 3.63) is 51.5 Å². The van der Waals surface area contributed by atoms with Crippen molar-refractivity contribution in [3.8, 4) is 5.30 Å². The van der Waals surface area contributed by atoms with Crippen molar-refractivity contribution in [1.29, 1.82) is 0 Å². The molecule has 0 amide bonds. The van der Waals surface area contributed by atoms with Crippen LogP contribution in [0.5, 0.6) is 0 Å². The van der Waals surface area contributed by atoms with Crippen molar-refractivity contribution in [3.63, 3.8) is 0 Å². The molecule has 84 valence electrons. The summed E-state index contributed by atoms with van der Waals surface area (Å²) >= 11 is 3.81. The van der Waals surface area contributed by atoms with Crippen LogP contribution in [0, 0.1) is 0 Å². The Labute approximate surface area is 107 Å². The standard InChI is InChI=1S/C14H16BrP/c1-3-11-10-16(14(15)13(11)4-2)12-8-6-5-7-9-12/h5-10H,3-4H2,1-2H3. The normalized spacial score (nSPS) is 11.8. The molecule has 1 atom stereocenters. The van der Waals surface area contributed by atoms with Crippen LogP contribution in [-0.4, -0.2) is 0 Å². The Morgan fingerprint density at radius 2 is 1.75 bits per heavy atom. The minimum atomic E-state index is -0.257. The topological polar surface area (TPSA) is 0 Å². The van der Waals surface area contributed by atoms with Crippen LogP contribution in [0.15, 0.2) is 40.3 Å². The molecule has 1 aromatic heterocycles. The highest BCUT2D eigenvalue weighted by atomic mass is 79.9. The van der Waals surface area contributed by atoms with Gasteiger partial charge in [-0.3, -0.25) is 0 Å². The molecule has 0 nitrogen and oxygen atoms in total. The summed E-state index contributed by atoms with van der Waals surface area (Å²) in [6.45, 7) is 4.48. The second-order valence-electron chi connectivity index (χ2n) is 3.84. The van der Waals surface area contributed by atoms with Gasteiger partial charge in [0.25, 0.3) is 0 Å². The summed E-state index contributed by atoms with van der Waals surface area (Å²) in [7, 11) is -0.257. The molecule has 0 aliphatic heterocycles. The molecule has 0 saturated heterocycles. The van der Waals surface area contributed by atoms with Crippen LogP contribution in [0.4, 0.5) is 0 Å². The summed E-state index contributed by atoms with van der Waals surface area (Å²) in [5.74, 6) is 2.47. The monoisotopic (exact) mass is 294 g/mol. The van der Waals surface area contributed by atoms with Gasteiger partial charge in [-0.05, 0) is 51.0 Å². The molecule has 0 aliphatic carbocycles. The number of benzene rings is 1. The van der Waals surface area contributed by atoms with Crippen LogP contribution in [0.2, 0.25) is 0 Å². The molecule has 2 rings (SSSR count). The predicted octanol–water partition coefficient (Wildman–Crippen LogP) is 5.55. The smallest absolute Gasteiger partial charge is 0.0447 e. The van der Waals surface area contributed by atoms with Crippen LogP contribution in [0.3, 0.4) is 0 Å². The Morgan fingerprint density at radius 1 is 1.06 bits per heavy atom. The van der Waals surface area contributed by atoms with E-state index in [1.165, 1.54) is 20.6 Å². The predicted molar refractivity (Wildman–Crippen MR) is 76.9 cm³/mol. The second-order valence-corrected chi connectivity index (χ2v) is 7.20. The quantitative estimate of drug-likeness (QED) is 0.696. The first kappa shape index (κ1) is 12.0. The van der Waals surface area contributed by atoms with E-state index in [-0.39, 0.29) is 7.53 Å². The third kappa shape index (κ3) is 2.12. The van der Waals surface area contributed by atoms with Gasteiger partial charge in [0.05, 0.1) is 0 Å². The Morgan fingerprint density at radius 3 is 2.25 bits per heavy atom. The third-order valence-corrected chi connectivity index (χ3v) is 6.64. The SMILES string of the molecule is CCc1cp(-c2ccccc2)c(Br)c1CC. The lowest BCUT2D eigenvalue weighted by Crippen LogP contribution is -1.83. The fourth-order valence-electron chi connectivity index (χ4n) is 2.02. The molecule has 1 unspecified atom stereocenters. The van der Waals surface area contributed by atoms with Gasteiger partial charge in [-0.15, -0.1) is 0 Å². The average molecular weight is 295 g/mol. The molecular weight excluding hydrogens is 279 g/mol. The van der Waals surface area contributed by atoms with Crippen molar-refractivity contribution >= 4 is 23.5 Å². The summed E-state index contributed by atoms with van der Waals surface area (Å²) < 4.78 is 1.42. The minimum absolute atomic E-state index is 0.257. The van der Waals surface area contributed by atoms with Crippen molar-refractivity contribution in [2.45, 2.75) is 26.7 Å². The van der Waals surface area contributed by atoms with Gasteiger partial charge in [-0.25, -0.2) is 0 Å². The molecular formula is C14H16BrP. The van der Waals surface area contributed by atoms with E-state index in [4.69, 9.17) is 0 Å². The second kappa shape index (κ2) is 5.21. The molecule has 1 heterocycles. The van der Waals surface area contributed by atoms with Crippen LogP contribution in [-0.2, 0) is 12.8 Å². The van der Waals surface area contributed by atoms with Crippen molar-refractivity contribution < 1.29 is 0 Å². The number of halogens is 1. The van der Waals surface area contributed by atoms with Gasteiger partial charge in [0.15, 0.2) is 0 Å². The number of hydrogen-bond donors (Lipinski definition) is 0. The van der Waals surface area contributed by atoms with Gasteiger partial charge in [0.1, 0.15) is 0 Å². The molecule has 16 heavy (non-hydrogen) atoms. The molecule has 0 fully saturated rings. The molecule has 2 heteroatoms. The zero-order valence-electron chi connectivity index (χ0n) is 9.70. The Hall–Kier alpha value is -0.520. The third-order valence-electron chi connectivity index (χ3n) is 2.90. The van der Waals surface area contributed by atoms with Crippen molar-refractivity contribution in [1.82, 2.24) is 0 Å². The largest absolute Gasteiger partial charge is 0.0781 e. The minimum Gasteiger partial charge on any atom is -0.0781 e. The summed E-state index contributed by atoms with van der Waals surface area (Å²) in [5, 5.41) is 1.44. The Bertz CT molecular complexity index is 471. The fourth-order valence-corrected chi connectivity index (χ4v) is 5.70. The van der Waals surface area contributed by atoms with Gasteiger partial charge in [0, 0.05) is 4.20 Å². The highest BCUT2D eigenvalue weighted by Crippen LogP contribution is 2.51. The number of rotatable bonds is 3. The van der Waals surface area contributed by atoms with Gasteiger partial charge in [0.2, 0.25) is 0 Å². The summed E-state index contributed by atoms with van der Waals surface area (Å²) in [5.41, 5.74) is 3.06. The summed E-state index contributed by atoms with van der Waals surface area (Å²) in [6, 6.07) is 10.8. The van der Waals surface area contributed by atoms with E-state index in [1.807, 2.05) is 0 Å². The molecule has 2 aromatic rings. The highest BCUT2D eigenvalue weighted by Gasteiger charge is 2.12. The molecule has 0 saturated carbocycles. The van der Waals surface area contributed by atoms with Gasteiger partial charge in [-0.2, -0.15) is 0 Å². The van der Waals surface area contributed by atoms with Gasteiger partial charge >= 0.3 is 0 Å². The molecule has 0 aliphatic rings.